The summed E-state index contributed by atoms with van der Waals surface area (Å²) in [6, 6.07) is 23.0. The van der Waals surface area contributed by atoms with E-state index in [1.165, 1.54) is 4.70 Å². The van der Waals surface area contributed by atoms with E-state index in [4.69, 9.17) is 4.74 Å². The Balaban J connectivity index is 1.25. The van der Waals surface area contributed by atoms with Gasteiger partial charge < -0.3 is 10.1 Å². The molecule has 0 aliphatic carbocycles. The molecule has 0 spiro atoms. The second kappa shape index (κ2) is 7.72. The van der Waals surface area contributed by atoms with Gasteiger partial charge in [-0.1, -0.05) is 42.5 Å². The van der Waals surface area contributed by atoms with Crippen LogP contribution in [-0.2, 0) is 22.4 Å². The Bertz CT molecular complexity index is 1210. The predicted molar refractivity (Wildman–Crippen MR) is 117 cm³/mol. The van der Waals surface area contributed by atoms with Crippen LogP contribution in [0.5, 0.6) is 0 Å². The van der Waals surface area contributed by atoms with Crippen molar-refractivity contribution in [2.45, 2.75) is 18.9 Å². The SMILES string of the molecule is O=C1OC(C(=O)Nc2ccc(Cc3nc4ccccc4s3)cc2)Cc2ccccc21. The second-order valence-electron chi connectivity index (χ2n) is 7.19. The number of ether oxygens (including phenoxy) is 1. The summed E-state index contributed by atoms with van der Waals surface area (Å²) in [5.41, 5.74) is 4.17. The zero-order valence-corrected chi connectivity index (χ0v) is 16.8. The number of para-hydroxylation sites is 1. The quantitative estimate of drug-likeness (QED) is 0.495. The van der Waals surface area contributed by atoms with Crippen LogP contribution in [0.4, 0.5) is 5.69 Å². The van der Waals surface area contributed by atoms with Crippen LogP contribution in [0.3, 0.4) is 0 Å². The van der Waals surface area contributed by atoms with Gasteiger partial charge in [0.1, 0.15) is 0 Å². The number of thiazole rings is 1. The summed E-state index contributed by atoms with van der Waals surface area (Å²) < 4.78 is 6.50. The first-order valence-electron chi connectivity index (χ1n) is 9.69. The van der Waals surface area contributed by atoms with E-state index in [0.717, 1.165) is 28.1 Å². The normalized spacial score (nSPS) is 15.5. The van der Waals surface area contributed by atoms with Gasteiger partial charge >= 0.3 is 5.97 Å². The van der Waals surface area contributed by atoms with Crippen molar-refractivity contribution in [3.63, 3.8) is 0 Å². The summed E-state index contributed by atoms with van der Waals surface area (Å²) in [5.74, 6) is -0.778. The fourth-order valence-electron chi connectivity index (χ4n) is 3.58. The first-order valence-corrected chi connectivity index (χ1v) is 10.5. The molecule has 0 fully saturated rings. The Labute approximate surface area is 177 Å². The molecule has 1 atom stereocenters. The number of amides is 1. The molecule has 1 aliphatic rings. The van der Waals surface area contributed by atoms with E-state index < -0.39 is 12.1 Å². The molecule has 1 aliphatic heterocycles. The Morgan fingerprint density at radius 1 is 1.03 bits per heavy atom. The summed E-state index contributed by atoms with van der Waals surface area (Å²) in [5, 5.41) is 3.90. The lowest BCUT2D eigenvalue weighted by atomic mass is 9.98. The number of hydrogen-bond donors (Lipinski definition) is 1. The van der Waals surface area contributed by atoms with Crippen LogP contribution in [0.15, 0.2) is 72.8 Å². The molecule has 2 heterocycles. The number of carbonyl (C=O) groups excluding carboxylic acids is 2. The van der Waals surface area contributed by atoms with Gasteiger partial charge in [-0.3, -0.25) is 4.79 Å². The number of aromatic nitrogens is 1. The molecule has 148 valence electrons. The maximum absolute atomic E-state index is 12.6. The smallest absolute Gasteiger partial charge is 0.339 e. The Morgan fingerprint density at radius 2 is 1.80 bits per heavy atom. The highest BCUT2D eigenvalue weighted by Gasteiger charge is 2.31. The number of cyclic esters (lactones) is 1. The van der Waals surface area contributed by atoms with Crippen molar-refractivity contribution in [1.82, 2.24) is 4.98 Å². The average molecular weight is 414 g/mol. The monoisotopic (exact) mass is 414 g/mol. The molecular formula is C24H18N2O3S. The first-order chi connectivity index (χ1) is 14.7. The zero-order chi connectivity index (χ0) is 20.5. The van der Waals surface area contributed by atoms with Gasteiger partial charge in [0.2, 0.25) is 0 Å². The highest BCUT2D eigenvalue weighted by Crippen LogP contribution is 2.25. The van der Waals surface area contributed by atoms with E-state index in [-0.39, 0.29) is 5.91 Å². The van der Waals surface area contributed by atoms with Crippen LogP contribution < -0.4 is 5.32 Å². The van der Waals surface area contributed by atoms with E-state index in [1.54, 1.807) is 23.5 Å². The molecule has 30 heavy (non-hydrogen) atoms. The minimum Gasteiger partial charge on any atom is -0.448 e. The highest BCUT2D eigenvalue weighted by atomic mass is 32.1. The summed E-state index contributed by atoms with van der Waals surface area (Å²) in [6.45, 7) is 0. The number of benzene rings is 3. The van der Waals surface area contributed by atoms with Crippen LogP contribution >= 0.6 is 11.3 Å². The van der Waals surface area contributed by atoms with Gasteiger partial charge in [0.25, 0.3) is 5.91 Å². The molecule has 1 unspecified atom stereocenters. The maximum Gasteiger partial charge on any atom is 0.339 e. The molecule has 6 heteroatoms. The molecule has 5 rings (SSSR count). The fraction of sp³-hybridized carbons (Fsp3) is 0.125. The molecule has 1 aromatic heterocycles. The van der Waals surface area contributed by atoms with Crippen LogP contribution in [0.25, 0.3) is 10.2 Å². The van der Waals surface area contributed by atoms with Gasteiger partial charge in [-0.15, -0.1) is 11.3 Å². The summed E-state index contributed by atoms with van der Waals surface area (Å²) >= 11 is 1.69. The van der Waals surface area contributed by atoms with Gasteiger partial charge in [-0.2, -0.15) is 0 Å². The number of fused-ring (bicyclic) bond motifs is 2. The van der Waals surface area contributed by atoms with Crippen molar-refractivity contribution < 1.29 is 14.3 Å². The van der Waals surface area contributed by atoms with Crippen molar-refractivity contribution in [2.75, 3.05) is 5.32 Å². The maximum atomic E-state index is 12.6. The minimum atomic E-state index is -0.824. The number of rotatable bonds is 4. The van der Waals surface area contributed by atoms with Crippen molar-refractivity contribution in [2.24, 2.45) is 0 Å². The fourth-order valence-corrected chi connectivity index (χ4v) is 4.58. The molecule has 3 aromatic carbocycles. The number of hydrogen-bond acceptors (Lipinski definition) is 5. The van der Waals surface area contributed by atoms with Gasteiger partial charge in [-0.05, 0) is 41.5 Å². The van der Waals surface area contributed by atoms with Crippen molar-refractivity contribution >= 4 is 39.1 Å². The third-order valence-electron chi connectivity index (χ3n) is 5.10. The van der Waals surface area contributed by atoms with Crippen molar-refractivity contribution in [3.05, 3.63) is 94.5 Å². The van der Waals surface area contributed by atoms with E-state index in [9.17, 15) is 9.59 Å². The second-order valence-corrected chi connectivity index (χ2v) is 8.31. The number of nitrogens with zero attached hydrogens (tertiary/aromatic N) is 1. The number of carbonyl (C=O) groups is 2. The summed E-state index contributed by atoms with van der Waals surface area (Å²) in [6.07, 6.45) is 0.295. The van der Waals surface area contributed by atoms with Crippen LogP contribution in [0.1, 0.15) is 26.5 Å². The zero-order valence-electron chi connectivity index (χ0n) is 16.0. The Morgan fingerprint density at radius 3 is 2.63 bits per heavy atom. The van der Waals surface area contributed by atoms with E-state index in [0.29, 0.717) is 17.7 Å². The first kappa shape index (κ1) is 18.5. The molecule has 0 saturated carbocycles. The molecule has 0 saturated heterocycles. The number of anilines is 1. The van der Waals surface area contributed by atoms with Gasteiger partial charge in [0.05, 0.1) is 20.8 Å². The molecular weight excluding hydrogens is 396 g/mol. The Hall–Kier alpha value is -3.51. The molecule has 0 radical (unpaired) electrons. The number of nitrogens with one attached hydrogen (secondary N) is 1. The predicted octanol–water partition coefficient (Wildman–Crippen LogP) is 4.61. The van der Waals surface area contributed by atoms with Gasteiger partial charge in [0.15, 0.2) is 6.10 Å². The van der Waals surface area contributed by atoms with Crippen LogP contribution in [0, 0.1) is 0 Å². The van der Waals surface area contributed by atoms with Crippen LogP contribution in [0.2, 0.25) is 0 Å². The third-order valence-corrected chi connectivity index (χ3v) is 6.14. The standard InChI is InChI=1S/C24H18N2O3S/c27-23(20-14-16-5-1-2-6-18(16)24(28)29-20)25-17-11-9-15(10-12-17)13-22-26-19-7-3-4-8-21(19)30-22/h1-12,20H,13-14H2,(H,25,27). The third kappa shape index (κ3) is 3.69. The van der Waals surface area contributed by atoms with Gasteiger partial charge in [0, 0.05) is 18.5 Å². The van der Waals surface area contributed by atoms with E-state index >= 15 is 0 Å². The highest BCUT2D eigenvalue weighted by molar-refractivity contribution is 7.18. The molecule has 0 bridgehead atoms. The number of esters is 1. The summed E-state index contributed by atoms with van der Waals surface area (Å²) in [4.78, 5) is 29.4. The lowest BCUT2D eigenvalue weighted by Crippen LogP contribution is -2.37. The average Bonchev–Trinajstić information content (AvgIpc) is 3.17. The van der Waals surface area contributed by atoms with E-state index in [1.807, 2.05) is 54.6 Å². The molecule has 1 amide bonds. The lowest BCUT2D eigenvalue weighted by Gasteiger charge is -2.23. The molecule has 4 aromatic rings. The van der Waals surface area contributed by atoms with Crippen LogP contribution in [-0.4, -0.2) is 23.0 Å². The van der Waals surface area contributed by atoms with Gasteiger partial charge in [-0.25, -0.2) is 9.78 Å². The Kier molecular flexibility index (Phi) is 4.77. The summed E-state index contributed by atoms with van der Waals surface area (Å²) in [7, 11) is 0. The van der Waals surface area contributed by atoms with Crippen molar-refractivity contribution in [3.8, 4) is 0 Å². The molecule has 5 nitrogen and oxygen atoms in total. The lowest BCUT2D eigenvalue weighted by molar-refractivity contribution is -0.125. The van der Waals surface area contributed by atoms with E-state index in [2.05, 4.69) is 16.4 Å². The van der Waals surface area contributed by atoms with Crippen molar-refractivity contribution in [1.29, 1.82) is 0 Å². The minimum absolute atomic E-state index is 0.322. The molecule has 1 N–H and O–H groups in total. The topological polar surface area (TPSA) is 68.3 Å². The largest absolute Gasteiger partial charge is 0.448 e.